The van der Waals surface area contributed by atoms with Crippen molar-refractivity contribution in [2.24, 2.45) is 5.92 Å². The molecule has 0 unspecified atom stereocenters. The quantitative estimate of drug-likeness (QED) is 0.480. The van der Waals surface area contributed by atoms with Crippen LogP contribution in [0.2, 0.25) is 0 Å². The molecule has 0 aliphatic carbocycles. The Morgan fingerprint density at radius 1 is 1.29 bits per heavy atom. The maximum Gasteiger partial charge on any atom is 0.274 e. The van der Waals surface area contributed by atoms with Crippen molar-refractivity contribution < 1.29 is 18.7 Å². The molecule has 8 heteroatoms. The average Bonchev–Trinajstić information content (AvgIpc) is 3.41. The molecule has 2 aromatic heterocycles. The largest absolute Gasteiger partial charge is 0.496 e. The van der Waals surface area contributed by atoms with Crippen LogP contribution in [0.4, 0.5) is 4.39 Å². The van der Waals surface area contributed by atoms with Gasteiger partial charge in [0.15, 0.2) is 16.6 Å². The molecule has 1 saturated heterocycles. The number of benzene rings is 1. The van der Waals surface area contributed by atoms with Crippen molar-refractivity contribution in [3.05, 3.63) is 51.9 Å². The number of morpholine rings is 1. The molecule has 2 aliphatic rings. The molecule has 186 valence electrons. The smallest absolute Gasteiger partial charge is 0.274 e. The van der Waals surface area contributed by atoms with Gasteiger partial charge in [-0.1, -0.05) is 13.8 Å². The van der Waals surface area contributed by atoms with E-state index < -0.39 is 5.54 Å². The van der Waals surface area contributed by atoms with Crippen LogP contribution >= 0.6 is 11.3 Å². The lowest BCUT2D eigenvalue weighted by Crippen LogP contribution is -2.55. The fraction of sp³-hybridized carbons (Fsp3) is 0.481. The van der Waals surface area contributed by atoms with Crippen LogP contribution in [-0.2, 0) is 24.0 Å². The molecule has 0 N–H and O–H groups in total. The summed E-state index contributed by atoms with van der Waals surface area (Å²) in [6.45, 7) is 9.91. The lowest BCUT2D eigenvalue weighted by atomic mass is 9.94. The normalized spacial score (nSPS) is 16.8. The van der Waals surface area contributed by atoms with Gasteiger partial charge in [-0.3, -0.25) is 9.36 Å². The molecule has 0 atom stereocenters. The van der Waals surface area contributed by atoms with E-state index in [-0.39, 0.29) is 11.0 Å². The molecule has 0 bridgehead atoms. The molecule has 2 aliphatic heterocycles. The zero-order valence-electron chi connectivity index (χ0n) is 21.0. The summed E-state index contributed by atoms with van der Waals surface area (Å²) in [6, 6.07) is 7.48. The second-order valence-corrected chi connectivity index (χ2v) is 11.4. The predicted octanol–water partition coefficient (Wildman–Crippen LogP) is 5.30. The molecule has 35 heavy (non-hydrogen) atoms. The number of carbonyl (C=O) groups excluding carboxylic acids is 1. The summed E-state index contributed by atoms with van der Waals surface area (Å²) in [7, 11) is 1.71. The Kier molecular flexibility index (Phi) is 6.21. The molecule has 6 nitrogen and oxygen atoms in total. The van der Waals surface area contributed by atoms with E-state index in [1.807, 2.05) is 18.7 Å². The van der Waals surface area contributed by atoms with Crippen molar-refractivity contribution in [3.63, 3.8) is 0 Å². The number of hydrogen-bond acceptors (Lipinski definition) is 5. The van der Waals surface area contributed by atoms with Gasteiger partial charge < -0.3 is 14.4 Å². The molecule has 0 spiro atoms. The second kappa shape index (κ2) is 9.06. The van der Waals surface area contributed by atoms with Gasteiger partial charge >= 0.3 is 0 Å². The van der Waals surface area contributed by atoms with E-state index in [1.54, 1.807) is 13.2 Å². The zero-order chi connectivity index (χ0) is 24.9. The first kappa shape index (κ1) is 24.0. The summed E-state index contributed by atoms with van der Waals surface area (Å²) in [6.07, 6.45) is 2.33. The molecule has 3 aromatic rings. The van der Waals surface area contributed by atoms with Crippen molar-refractivity contribution in [1.29, 1.82) is 0 Å². The average molecular weight is 498 g/mol. The molecule has 1 aromatic carbocycles. The number of carbonyl (C=O) groups is 1. The Hall–Kier alpha value is -2.71. The Morgan fingerprint density at radius 3 is 2.74 bits per heavy atom. The Bertz CT molecular complexity index is 1280. The van der Waals surface area contributed by atoms with Crippen LogP contribution in [0.15, 0.2) is 24.3 Å². The van der Waals surface area contributed by atoms with Gasteiger partial charge in [-0.2, -0.15) is 4.39 Å². The highest BCUT2D eigenvalue weighted by Crippen LogP contribution is 2.39. The van der Waals surface area contributed by atoms with E-state index in [0.717, 1.165) is 52.4 Å². The number of aromatic nitrogens is 2. The number of amides is 1. The number of ether oxygens (including phenoxy) is 2. The number of thiophene rings is 1. The first-order valence-corrected chi connectivity index (χ1v) is 13.0. The molecule has 1 fully saturated rings. The highest BCUT2D eigenvalue weighted by Gasteiger charge is 2.38. The van der Waals surface area contributed by atoms with Gasteiger partial charge in [-0.25, -0.2) is 4.98 Å². The Labute approximate surface area is 209 Å². The van der Waals surface area contributed by atoms with Gasteiger partial charge in [-0.05, 0) is 74.4 Å². The minimum Gasteiger partial charge on any atom is -0.496 e. The van der Waals surface area contributed by atoms with Crippen LogP contribution in [0.5, 0.6) is 5.75 Å². The maximum atomic E-state index is 14.1. The third-order valence-corrected chi connectivity index (χ3v) is 7.71. The number of rotatable bonds is 5. The van der Waals surface area contributed by atoms with Gasteiger partial charge in [0.1, 0.15) is 5.75 Å². The van der Waals surface area contributed by atoms with E-state index in [9.17, 15) is 9.18 Å². The number of aryl methyl sites for hydroxylation is 1. The van der Waals surface area contributed by atoms with Crippen molar-refractivity contribution >= 4 is 17.2 Å². The van der Waals surface area contributed by atoms with Crippen LogP contribution < -0.4 is 4.74 Å². The van der Waals surface area contributed by atoms with E-state index in [0.29, 0.717) is 48.5 Å². The van der Waals surface area contributed by atoms with Crippen LogP contribution in [-0.4, -0.2) is 52.8 Å². The predicted molar refractivity (Wildman–Crippen MR) is 135 cm³/mol. The topological polar surface area (TPSA) is 56.6 Å². The molecular formula is C27H32FN3O3S. The standard InChI is InChI=1S/C27H32FN3O3S/c1-16(2)12-18-13-20-17(14-21(18)33-5)6-7-19-24(26(32)30-10-11-34-15-27(30,3)4)29-25(31(19)20)22-8-9-23(28)35-22/h8-9,13-14,16H,6-7,10-12,15H2,1-5H3. The highest BCUT2D eigenvalue weighted by molar-refractivity contribution is 7.13. The number of imidazole rings is 1. The summed E-state index contributed by atoms with van der Waals surface area (Å²) in [5.74, 6) is 1.87. The van der Waals surface area contributed by atoms with Crippen molar-refractivity contribution in [2.45, 2.75) is 52.5 Å². The number of hydrogen-bond donors (Lipinski definition) is 0. The van der Waals surface area contributed by atoms with Gasteiger partial charge in [0.25, 0.3) is 5.91 Å². The van der Waals surface area contributed by atoms with Crippen molar-refractivity contribution in [2.75, 3.05) is 26.9 Å². The number of halogens is 1. The molecule has 5 rings (SSSR count). The molecule has 4 heterocycles. The lowest BCUT2D eigenvalue weighted by molar-refractivity contribution is -0.0373. The van der Waals surface area contributed by atoms with E-state index in [1.165, 1.54) is 6.07 Å². The molecular weight excluding hydrogens is 465 g/mol. The Morgan fingerprint density at radius 2 is 2.09 bits per heavy atom. The third kappa shape index (κ3) is 4.27. The fourth-order valence-electron chi connectivity index (χ4n) is 5.18. The highest BCUT2D eigenvalue weighted by atomic mass is 32.1. The lowest BCUT2D eigenvalue weighted by Gasteiger charge is -2.41. The summed E-state index contributed by atoms with van der Waals surface area (Å²) in [5, 5.41) is -0.272. The SMILES string of the molecule is COc1cc2c(cc1CC(C)C)-n1c(-c3ccc(F)s3)nc(C(=O)N3CCOCC3(C)C)c1CC2. The molecule has 0 radical (unpaired) electrons. The summed E-state index contributed by atoms with van der Waals surface area (Å²) in [5.41, 5.74) is 4.17. The first-order valence-electron chi connectivity index (χ1n) is 12.2. The molecule has 1 amide bonds. The first-order chi connectivity index (χ1) is 16.7. The van der Waals surface area contributed by atoms with E-state index in [2.05, 4.69) is 30.5 Å². The summed E-state index contributed by atoms with van der Waals surface area (Å²) >= 11 is 1.05. The van der Waals surface area contributed by atoms with Gasteiger partial charge in [-0.15, -0.1) is 11.3 Å². The van der Waals surface area contributed by atoms with Gasteiger partial charge in [0.2, 0.25) is 0 Å². The summed E-state index contributed by atoms with van der Waals surface area (Å²) in [4.78, 5) is 21.3. The van der Waals surface area contributed by atoms with E-state index >= 15 is 0 Å². The van der Waals surface area contributed by atoms with Gasteiger partial charge in [0.05, 0.1) is 42.1 Å². The zero-order valence-corrected chi connectivity index (χ0v) is 21.8. The molecule has 0 saturated carbocycles. The van der Waals surface area contributed by atoms with Crippen molar-refractivity contribution in [1.82, 2.24) is 14.5 Å². The monoisotopic (exact) mass is 497 g/mol. The maximum absolute atomic E-state index is 14.1. The number of nitrogens with zero attached hydrogens (tertiary/aromatic N) is 3. The number of fused-ring (bicyclic) bond motifs is 3. The number of methoxy groups -OCH3 is 1. The van der Waals surface area contributed by atoms with Crippen LogP contribution in [0, 0.1) is 11.0 Å². The van der Waals surface area contributed by atoms with Crippen LogP contribution in [0.3, 0.4) is 0 Å². The minimum atomic E-state index is -0.425. The second-order valence-electron chi connectivity index (χ2n) is 10.4. The summed E-state index contributed by atoms with van der Waals surface area (Å²) < 4.78 is 27.5. The Balaban J connectivity index is 1.70. The van der Waals surface area contributed by atoms with E-state index in [4.69, 9.17) is 14.5 Å². The minimum absolute atomic E-state index is 0.0929. The van der Waals surface area contributed by atoms with Crippen molar-refractivity contribution in [3.8, 4) is 22.1 Å². The fourth-order valence-corrected chi connectivity index (χ4v) is 5.89. The third-order valence-electron chi connectivity index (χ3n) is 6.84. The van der Waals surface area contributed by atoms with Crippen LogP contribution in [0.1, 0.15) is 55.0 Å². The van der Waals surface area contributed by atoms with Crippen LogP contribution in [0.25, 0.3) is 16.4 Å². The van der Waals surface area contributed by atoms with Gasteiger partial charge in [0, 0.05) is 6.54 Å².